The molecule has 0 spiro atoms. The lowest BCUT2D eigenvalue weighted by Crippen LogP contribution is -2.39. The number of rotatable bonds is 3. The minimum Gasteiger partial charge on any atom is -0.342 e. The van der Waals surface area contributed by atoms with Crippen molar-refractivity contribution in [3.8, 4) is 5.69 Å². The van der Waals surface area contributed by atoms with Gasteiger partial charge >= 0.3 is 5.69 Å². The van der Waals surface area contributed by atoms with Crippen molar-refractivity contribution in [3.63, 3.8) is 0 Å². The number of benzene rings is 1. The zero-order valence-electron chi connectivity index (χ0n) is 13.6. The first-order valence-electron chi connectivity index (χ1n) is 8.11. The SMILES string of the molecule is CCC(=O)N1CCCC(c2nn(C)c(=O)n2-c2ccccc2)C1. The number of hydrogen-bond acceptors (Lipinski definition) is 3. The summed E-state index contributed by atoms with van der Waals surface area (Å²) in [5.41, 5.74) is 0.671. The van der Waals surface area contributed by atoms with Crippen LogP contribution in [0.5, 0.6) is 0 Å². The van der Waals surface area contributed by atoms with Gasteiger partial charge in [0.2, 0.25) is 5.91 Å². The summed E-state index contributed by atoms with van der Waals surface area (Å²) in [6.45, 7) is 3.31. The number of para-hydroxylation sites is 1. The highest BCUT2D eigenvalue weighted by atomic mass is 16.2. The third kappa shape index (κ3) is 2.93. The Hall–Kier alpha value is -2.37. The molecule has 1 aliphatic heterocycles. The molecule has 0 aliphatic carbocycles. The summed E-state index contributed by atoms with van der Waals surface area (Å²) >= 11 is 0. The Kier molecular flexibility index (Phi) is 4.32. The maximum absolute atomic E-state index is 12.5. The van der Waals surface area contributed by atoms with E-state index in [1.54, 1.807) is 11.6 Å². The number of aryl methyl sites for hydroxylation is 1. The van der Waals surface area contributed by atoms with E-state index in [1.807, 2.05) is 42.2 Å². The molecule has 1 amide bonds. The van der Waals surface area contributed by atoms with Gasteiger partial charge in [0.25, 0.3) is 0 Å². The number of carbonyl (C=O) groups is 1. The van der Waals surface area contributed by atoms with Crippen molar-refractivity contribution in [3.05, 3.63) is 46.6 Å². The Bertz CT molecular complexity index is 748. The summed E-state index contributed by atoms with van der Waals surface area (Å²) in [6, 6.07) is 9.56. The van der Waals surface area contributed by atoms with Crippen LogP contribution in [0.1, 0.15) is 37.9 Å². The second kappa shape index (κ2) is 6.40. The summed E-state index contributed by atoms with van der Waals surface area (Å²) < 4.78 is 3.05. The molecular weight excluding hydrogens is 292 g/mol. The second-order valence-corrected chi connectivity index (χ2v) is 5.97. The van der Waals surface area contributed by atoms with Gasteiger partial charge in [-0.2, -0.15) is 5.10 Å². The van der Waals surface area contributed by atoms with E-state index < -0.39 is 0 Å². The number of carbonyl (C=O) groups excluding carboxylic acids is 1. The van der Waals surface area contributed by atoms with Gasteiger partial charge in [-0.15, -0.1) is 0 Å². The fourth-order valence-electron chi connectivity index (χ4n) is 3.21. The van der Waals surface area contributed by atoms with Crippen molar-refractivity contribution in [1.82, 2.24) is 19.2 Å². The number of amides is 1. The van der Waals surface area contributed by atoms with Gasteiger partial charge in [-0.3, -0.25) is 4.79 Å². The molecule has 1 aromatic carbocycles. The van der Waals surface area contributed by atoms with Crippen LogP contribution in [0, 0.1) is 0 Å². The van der Waals surface area contributed by atoms with E-state index in [0.29, 0.717) is 13.0 Å². The monoisotopic (exact) mass is 314 g/mol. The van der Waals surface area contributed by atoms with Crippen molar-refractivity contribution >= 4 is 5.91 Å². The number of piperidine rings is 1. The van der Waals surface area contributed by atoms with Crippen LogP contribution in [-0.2, 0) is 11.8 Å². The van der Waals surface area contributed by atoms with Gasteiger partial charge in [0.05, 0.1) is 5.69 Å². The first kappa shape index (κ1) is 15.5. The van der Waals surface area contributed by atoms with Gasteiger partial charge in [0.15, 0.2) is 0 Å². The van der Waals surface area contributed by atoms with Gasteiger partial charge in [-0.1, -0.05) is 25.1 Å². The van der Waals surface area contributed by atoms with Crippen molar-refractivity contribution in [2.75, 3.05) is 13.1 Å². The highest BCUT2D eigenvalue weighted by Gasteiger charge is 2.29. The van der Waals surface area contributed by atoms with E-state index in [1.165, 1.54) is 4.68 Å². The smallest absolute Gasteiger partial charge is 0.342 e. The Morgan fingerprint density at radius 1 is 1.30 bits per heavy atom. The van der Waals surface area contributed by atoms with Crippen LogP contribution in [0.4, 0.5) is 0 Å². The second-order valence-electron chi connectivity index (χ2n) is 5.97. The predicted octanol–water partition coefficient (Wildman–Crippen LogP) is 1.69. The molecule has 1 unspecified atom stereocenters. The summed E-state index contributed by atoms with van der Waals surface area (Å²) in [5, 5.41) is 4.46. The summed E-state index contributed by atoms with van der Waals surface area (Å²) in [6.07, 6.45) is 2.40. The molecule has 2 heterocycles. The lowest BCUT2D eigenvalue weighted by Gasteiger charge is -2.32. The quantitative estimate of drug-likeness (QED) is 0.866. The standard InChI is InChI=1S/C17H22N4O2/c1-3-15(22)20-11-7-8-13(12-20)16-18-19(2)17(23)21(16)14-9-5-4-6-10-14/h4-6,9-10,13H,3,7-8,11-12H2,1-2H3. The maximum atomic E-state index is 12.5. The van der Waals surface area contributed by atoms with Crippen LogP contribution in [0.15, 0.2) is 35.1 Å². The van der Waals surface area contributed by atoms with Crippen molar-refractivity contribution < 1.29 is 4.79 Å². The molecule has 0 N–H and O–H groups in total. The minimum atomic E-state index is -0.148. The Morgan fingerprint density at radius 3 is 2.74 bits per heavy atom. The molecular formula is C17H22N4O2. The van der Waals surface area contributed by atoms with E-state index in [2.05, 4.69) is 5.10 Å². The topological polar surface area (TPSA) is 60.1 Å². The van der Waals surface area contributed by atoms with E-state index in [0.717, 1.165) is 30.9 Å². The third-order valence-electron chi connectivity index (χ3n) is 4.41. The molecule has 0 saturated carbocycles. The molecule has 3 rings (SSSR count). The molecule has 0 bridgehead atoms. The van der Waals surface area contributed by atoms with E-state index in [-0.39, 0.29) is 17.5 Å². The summed E-state index contributed by atoms with van der Waals surface area (Å²) in [5.74, 6) is 1.00. The first-order valence-corrected chi connectivity index (χ1v) is 8.11. The summed E-state index contributed by atoms with van der Waals surface area (Å²) in [7, 11) is 1.67. The summed E-state index contributed by atoms with van der Waals surface area (Å²) in [4.78, 5) is 26.4. The fraction of sp³-hybridized carbons (Fsp3) is 0.471. The Balaban J connectivity index is 1.99. The molecule has 1 aliphatic rings. The molecule has 0 radical (unpaired) electrons. The van der Waals surface area contributed by atoms with Gasteiger partial charge in [0.1, 0.15) is 5.82 Å². The molecule has 6 heteroatoms. The molecule has 6 nitrogen and oxygen atoms in total. The van der Waals surface area contributed by atoms with E-state index in [4.69, 9.17) is 0 Å². The zero-order valence-corrected chi connectivity index (χ0v) is 13.6. The first-order chi connectivity index (χ1) is 11.1. The number of nitrogens with zero attached hydrogens (tertiary/aromatic N) is 4. The van der Waals surface area contributed by atoms with Gasteiger partial charge < -0.3 is 4.90 Å². The van der Waals surface area contributed by atoms with E-state index >= 15 is 0 Å². The lowest BCUT2D eigenvalue weighted by atomic mass is 9.96. The zero-order chi connectivity index (χ0) is 16.4. The molecule has 1 aromatic heterocycles. The van der Waals surface area contributed by atoms with Crippen LogP contribution in [0.25, 0.3) is 5.69 Å². The van der Waals surface area contributed by atoms with Crippen molar-refractivity contribution in [1.29, 1.82) is 0 Å². The van der Waals surface area contributed by atoms with Crippen molar-refractivity contribution in [2.45, 2.75) is 32.1 Å². The average molecular weight is 314 g/mol. The van der Waals surface area contributed by atoms with E-state index in [9.17, 15) is 9.59 Å². The van der Waals surface area contributed by atoms with Crippen LogP contribution in [0.3, 0.4) is 0 Å². The lowest BCUT2D eigenvalue weighted by molar-refractivity contribution is -0.132. The van der Waals surface area contributed by atoms with Crippen LogP contribution >= 0.6 is 0 Å². The average Bonchev–Trinajstić information content (AvgIpc) is 2.90. The highest BCUT2D eigenvalue weighted by molar-refractivity contribution is 5.76. The molecule has 2 aromatic rings. The number of hydrogen-bond donors (Lipinski definition) is 0. The van der Waals surface area contributed by atoms with Gasteiger partial charge in [0, 0.05) is 32.5 Å². The van der Waals surface area contributed by atoms with Crippen LogP contribution < -0.4 is 5.69 Å². The predicted molar refractivity (Wildman–Crippen MR) is 87.7 cm³/mol. The van der Waals surface area contributed by atoms with Crippen molar-refractivity contribution in [2.24, 2.45) is 7.05 Å². The largest absolute Gasteiger partial charge is 0.350 e. The minimum absolute atomic E-state index is 0.0911. The Labute approximate surface area is 135 Å². The molecule has 23 heavy (non-hydrogen) atoms. The maximum Gasteiger partial charge on any atom is 0.350 e. The molecule has 1 fully saturated rings. The molecule has 1 atom stereocenters. The third-order valence-corrected chi connectivity index (χ3v) is 4.41. The van der Waals surface area contributed by atoms with Crippen LogP contribution in [-0.4, -0.2) is 38.2 Å². The number of aromatic nitrogens is 3. The fourth-order valence-corrected chi connectivity index (χ4v) is 3.21. The van der Waals surface area contributed by atoms with Crippen LogP contribution in [0.2, 0.25) is 0 Å². The van der Waals surface area contributed by atoms with Gasteiger partial charge in [-0.25, -0.2) is 14.0 Å². The molecule has 1 saturated heterocycles. The normalized spacial score (nSPS) is 18.2. The highest BCUT2D eigenvalue weighted by Crippen LogP contribution is 2.26. The Morgan fingerprint density at radius 2 is 2.04 bits per heavy atom. The molecule has 122 valence electrons. The number of likely N-dealkylation sites (tertiary alicyclic amines) is 1. The van der Waals surface area contributed by atoms with Gasteiger partial charge in [-0.05, 0) is 25.0 Å².